The minimum absolute atomic E-state index is 1.11. The largest absolute Gasteiger partial charge is 0.360 e. The van der Waals surface area contributed by atoms with Crippen LogP contribution in [0.2, 0.25) is 0 Å². The Kier molecular flexibility index (Phi) is 3.02. The molecule has 1 nitrogen and oxygen atoms in total. The van der Waals surface area contributed by atoms with Gasteiger partial charge < -0.3 is 4.98 Å². The fourth-order valence-corrected chi connectivity index (χ4v) is 1.59. The minimum atomic E-state index is 1.11. The zero-order valence-corrected chi connectivity index (χ0v) is 8.16. The van der Waals surface area contributed by atoms with Gasteiger partial charge in [0.05, 0.1) is 6.20 Å². The first kappa shape index (κ1) is 9.07. The van der Waals surface area contributed by atoms with E-state index in [4.69, 9.17) is 0 Å². The van der Waals surface area contributed by atoms with Crippen molar-refractivity contribution in [1.29, 1.82) is 0 Å². The van der Waals surface area contributed by atoms with Gasteiger partial charge in [-0.15, -0.1) is 0 Å². The lowest BCUT2D eigenvalue weighted by atomic mass is 10.1. The number of aryl methyl sites for hydroxylation is 2. The SMILES string of the molecule is [c]1[nH]ccc1CCCc1ccccc1. The maximum atomic E-state index is 3.10. The molecule has 1 aromatic heterocycles. The van der Waals surface area contributed by atoms with Crippen molar-refractivity contribution in [3.8, 4) is 0 Å². The lowest BCUT2D eigenvalue weighted by Crippen LogP contribution is -1.88. The van der Waals surface area contributed by atoms with Crippen LogP contribution in [-0.4, -0.2) is 4.98 Å². The molecule has 0 saturated carbocycles. The highest BCUT2D eigenvalue weighted by atomic mass is 14.6. The number of hydrogen-bond donors (Lipinski definition) is 1. The Labute approximate surface area is 84.8 Å². The molecule has 0 atom stereocenters. The van der Waals surface area contributed by atoms with Gasteiger partial charge in [0.1, 0.15) is 0 Å². The zero-order chi connectivity index (χ0) is 9.64. The van der Waals surface area contributed by atoms with Gasteiger partial charge >= 0.3 is 0 Å². The van der Waals surface area contributed by atoms with Crippen LogP contribution in [0.25, 0.3) is 0 Å². The standard InChI is InChI=1S/C13H14N/c1-2-5-12(6-3-1)7-4-8-13-9-10-14-11-13/h1-3,5-6,9-10,14H,4,7-8H2. The lowest BCUT2D eigenvalue weighted by molar-refractivity contribution is 0.820. The monoisotopic (exact) mass is 184 g/mol. The predicted molar refractivity (Wildman–Crippen MR) is 58.1 cm³/mol. The van der Waals surface area contributed by atoms with Crippen LogP contribution in [0.1, 0.15) is 17.5 Å². The topological polar surface area (TPSA) is 15.8 Å². The fraction of sp³-hybridized carbons (Fsp3) is 0.231. The minimum Gasteiger partial charge on any atom is -0.360 e. The molecule has 0 aliphatic carbocycles. The van der Waals surface area contributed by atoms with Gasteiger partial charge in [-0.05, 0) is 36.5 Å². The summed E-state index contributed by atoms with van der Waals surface area (Å²) in [5.74, 6) is 0. The van der Waals surface area contributed by atoms with Crippen molar-refractivity contribution in [3.05, 3.63) is 59.9 Å². The summed E-state index contributed by atoms with van der Waals surface area (Å²) in [6.07, 6.45) is 8.48. The van der Waals surface area contributed by atoms with Crippen LogP contribution in [0.5, 0.6) is 0 Å². The van der Waals surface area contributed by atoms with Gasteiger partial charge in [-0.3, -0.25) is 0 Å². The van der Waals surface area contributed by atoms with E-state index in [0.717, 1.165) is 12.8 Å². The number of aromatic amines is 1. The molecule has 1 heteroatoms. The maximum absolute atomic E-state index is 3.10. The Morgan fingerprint density at radius 2 is 1.86 bits per heavy atom. The molecule has 2 aromatic rings. The summed E-state index contributed by atoms with van der Waals surface area (Å²) in [6, 6.07) is 12.7. The number of benzene rings is 1. The van der Waals surface area contributed by atoms with Gasteiger partial charge in [-0.1, -0.05) is 30.3 Å². The fourth-order valence-electron chi connectivity index (χ4n) is 1.59. The van der Waals surface area contributed by atoms with Crippen LogP contribution in [-0.2, 0) is 12.8 Å². The molecule has 0 spiro atoms. The van der Waals surface area contributed by atoms with Crippen molar-refractivity contribution in [2.24, 2.45) is 0 Å². The zero-order valence-electron chi connectivity index (χ0n) is 8.16. The number of rotatable bonds is 4. The molecule has 0 bridgehead atoms. The van der Waals surface area contributed by atoms with E-state index < -0.39 is 0 Å². The van der Waals surface area contributed by atoms with E-state index in [-0.39, 0.29) is 0 Å². The first-order valence-electron chi connectivity index (χ1n) is 5.03. The Bertz CT molecular complexity index is 348. The first-order chi connectivity index (χ1) is 6.95. The van der Waals surface area contributed by atoms with Crippen LogP contribution in [0, 0.1) is 6.20 Å². The Morgan fingerprint density at radius 1 is 1.00 bits per heavy atom. The molecule has 0 fully saturated rings. The van der Waals surface area contributed by atoms with Crippen molar-refractivity contribution >= 4 is 0 Å². The molecule has 1 aromatic carbocycles. The van der Waals surface area contributed by atoms with Gasteiger partial charge in [0.15, 0.2) is 0 Å². The Balaban J connectivity index is 1.79. The summed E-state index contributed by atoms with van der Waals surface area (Å²) >= 11 is 0. The molecule has 2 rings (SSSR count). The third-order valence-corrected chi connectivity index (χ3v) is 2.35. The van der Waals surface area contributed by atoms with E-state index in [0.29, 0.717) is 0 Å². The molecule has 0 aliphatic heterocycles. The highest BCUT2D eigenvalue weighted by Crippen LogP contribution is 2.06. The van der Waals surface area contributed by atoms with Crippen molar-refractivity contribution < 1.29 is 0 Å². The van der Waals surface area contributed by atoms with Crippen molar-refractivity contribution in [3.63, 3.8) is 0 Å². The Morgan fingerprint density at radius 3 is 2.57 bits per heavy atom. The second-order valence-corrected chi connectivity index (χ2v) is 3.47. The molecular weight excluding hydrogens is 170 g/mol. The molecule has 0 unspecified atom stereocenters. The summed E-state index contributed by atoms with van der Waals surface area (Å²) in [5, 5.41) is 0. The number of hydrogen-bond acceptors (Lipinski definition) is 0. The van der Waals surface area contributed by atoms with Crippen molar-refractivity contribution in [2.45, 2.75) is 19.3 Å². The lowest BCUT2D eigenvalue weighted by Gasteiger charge is -1.99. The highest BCUT2D eigenvalue weighted by molar-refractivity contribution is 5.15. The summed E-state index contributed by atoms with van der Waals surface area (Å²) in [7, 11) is 0. The Hall–Kier alpha value is -1.50. The third-order valence-electron chi connectivity index (χ3n) is 2.35. The summed E-state index contributed by atoms with van der Waals surface area (Å²) in [6.45, 7) is 0. The molecule has 0 saturated heterocycles. The molecule has 0 amide bonds. The number of H-pyrrole nitrogens is 1. The van der Waals surface area contributed by atoms with Gasteiger partial charge in [-0.2, -0.15) is 0 Å². The first-order valence-corrected chi connectivity index (χ1v) is 5.03. The van der Waals surface area contributed by atoms with E-state index in [1.54, 1.807) is 0 Å². The van der Waals surface area contributed by atoms with Crippen molar-refractivity contribution in [2.75, 3.05) is 0 Å². The summed E-state index contributed by atoms with van der Waals surface area (Å²) in [4.78, 5) is 2.95. The molecule has 0 aliphatic rings. The second kappa shape index (κ2) is 4.66. The maximum Gasteiger partial charge on any atom is 0.0654 e. The molecule has 71 valence electrons. The van der Waals surface area contributed by atoms with Crippen LogP contribution < -0.4 is 0 Å². The van der Waals surface area contributed by atoms with E-state index in [1.807, 2.05) is 6.20 Å². The van der Waals surface area contributed by atoms with Gasteiger partial charge in [0.25, 0.3) is 0 Å². The van der Waals surface area contributed by atoms with Gasteiger partial charge in [-0.25, -0.2) is 0 Å². The van der Waals surface area contributed by atoms with E-state index in [1.165, 1.54) is 17.5 Å². The smallest absolute Gasteiger partial charge is 0.0654 e. The van der Waals surface area contributed by atoms with Gasteiger partial charge in [0.2, 0.25) is 0 Å². The van der Waals surface area contributed by atoms with Crippen molar-refractivity contribution in [1.82, 2.24) is 4.98 Å². The quantitative estimate of drug-likeness (QED) is 0.751. The normalized spacial score (nSPS) is 10.3. The molecule has 1 heterocycles. The van der Waals surface area contributed by atoms with Crippen LogP contribution in [0.3, 0.4) is 0 Å². The molecule has 14 heavy (non-hydrogen) atoms. The molecular formula is C13H14N. The number of aromatic nitrogens is 1. The highest BCUT2D eigenvalue weighted by Gasteiger charge is 1.95. The number of nitrogens with one attached hydrogen (secondary N) is 1. The molecule has 1 radical (unpaired) electrons. The van der Waals surface area contributed by atoms with Crippen LogP contribution in [0.15, 0.2) is 42.6 Å². The molecule has 1 N–H and O–H groups in total. The van der Waals surface area contributed by atoms with Gasteiger partial charge in [0, 0.05) is 6.20 Å². The summed E-state index contributed by atoms with van der Waals surface area (Å²) < 4.78 is 0. The predicted octanol–water partition coefficient (Wildman–Crippen LogP) is 2.99. The second-order valence-electron chi connectivity index (χ2n) is 3.47. The van der Waals surface area contributed by atoms with Crippen LogP contribution >= 0.6 is 0 Å². The van der Waals surface area contributed by atoms with E-state index >= 15 is 0 Å². The van der Waals surface area contributed by atoms with E-state index in [9.17, 15) is 0 Å². The van der Waals surface area contributed by atoms with Crippen LogP contribution in [0.4, 0.5) is 0 Å². The van der Waals surface area contributed by atoms with E-state index in [2.05, 4.69) is 47.6 Å². The average molecular weight is 184 g/mol. The average Bonchev–Trinajstić information content (AvgIpc) is 2.72. The third kappa shape index (κ3) is 2.49. The summed E-state index contributed by atoms with van der Waals surface area (Å²) in [5.41, 5.74) is 2.70.